The van der Waals surface area contributed by atoms with Crippen molar-refractivity contribution < 1.29 is 14.7 Å². The zero-order valence-electron chi connectivity index (χ0n) is 25.5. The largest absolute Gasteiger partial charge is 0.478 e. The first-order valence-electron chi connectivity index (χ1n) is 15.2. The van der Waals surface area contributed by atoms with E-state index >= 15 is 0 Å². The van der Waals surface area contributed by atoms with Crippen LogP contribution in [0.1, 0.15) is 72.4 Å². The van der Waals surface area contributed by atoms with Crippen LogP contribution in [0.3, 0.4) is 0 Å². The van der Waals surface area contributed by atoms with Crippen molar-refractivity contribution >= 4 is 44.7 Å². The molecule has 1 amide bonds. The lowest BCUT2D eigenvalue weighted by atomic mass is 9.64. The highest BCUT2D eigenvalue weighted by Gasteiger charge is 2.36. The van der Waals surface area contributed by atoms with E-state index in [0.717, 1.165) is 40.4 Å². The van der Waals surface area contributed by atoms with Crippen molar-refractivity contribution in [2.75, 3.05) is 5.32 Å². The molecule has 0 spiro atoms. The maximum Gasteiger partial charge on any atom is 0.335 e. The molecule has 2 N–H and O–H groups in total. The van der Waals surface area contributed by atoms with Crippen LogP contribution in [0, 0.1) is 5.41 Å². The van der Waals surface area contributed by atoms with Crippen LogP contribution in [0.25, 0.3) is 38.2 Å². The number of carbonyl (C=O) groups excluding carboxylic acids is 1. The second-order valence-corrected chi connectivity index (χ2v) is 13.5. The van der Waals surface area contributed by atoms with Crippen molar-refractivity contribution in [3.8, 4) is 11.1 Å². The molecule has 0 aromatic heterocycles. The third-order valence-electron chi connectivity index (χ3n) is 9.27. The normalized spacial score (nSPS) is 16.5. The molecule has 2 aliphatic carbocycles. The first kappa shape index (κ1) is 27.8. The standard InChI is InChI=1S/C40H35NO3/c1-39(2)20-19-30-29(22-39)23-40(3,4)35-31-16-14-28(21-27(31)15-18-34(30)35)33-17-13-24-7-5-6-8-32(24)36(33)41-37(42)25-9-11-26(12-10-25)38(43)44/h5-21H,22-23H2,1-4H3,(H,41,42)(H,43,44). The SMILES string of the molecule is CC1(C)C=CC2=C(C1)CC(C)(C)c1c2ccc2cc(-c3ccc4ccccc4c3NC(=O)c3ccc(C(=O)O)cc3)ccc12. The second kappa shape index (κ2) is 10.1. The molecule has 0 aliphatic heterocycles. The van der Waals surface area contributed by atoms with Crippen molar-refractivity contribution in [2.45, 2.75) is 46.0 Å². The molecule has 0 fully saturated rings. The average molecular weight is 578 g/mol. The van der Waals surface area contributed by atoms with Gasteiger partial charge in [-0.2, -0.15) is 0 Å². The van der Waals surface area contributed by atoms with E-state index in [2.05, 4.69) is 87.6 Å². The molecule has 0 radical (unpaired) electrons. The molecule has 7 rings (SSSR count). The molecule has 0 heterocycles. The van der Waals surface area contributed by atoms with Crippen molar-refractivity contribution in [3.05, 3.63) is 131 Å². The van der Waals surface area contributed by atoms with Crippen molar-refractivity contribution in [1.82, 2.24) is 0 Å². The van der Waals surface area contributed by atoms with Crippen LogP contribution in [-0.2, 0) is 5.41 Å². The number of carbonyl (C=O) groups is 2. The van der Waals surface area contributed by atoms with Gasteiger partial charge in [0.05, 0.1) is 11.3 Å². The summed E-state index contributed by atoms with van der Waals surface area (Å²) >= 11 is 0. The number of hydrogen-bond acceptors (Lipinski definition) is 2. The molecule has 4 heteroatoms. The van der Waals surface area contributed by atoms with Gasteiger partial charge in [0.2, 0.25) is 0 Å². The van der Waals surface area contributed by atoms with Crippen LogP contribution in [0.4, 0.5) is 5.69 Å². The first-order valence-corrected chi connectivity index (χ1v) is 15.2. The summed E-state index contributed by atoms with van der Waals surface area (Å²) in [5.41, 5.74) is 9.12. The van der Waals surface area contributed by atoms with E-state index in [1.54, 1.807) is 17.7 Å². The van der Waals surface area contributed by atoms with Crippen molar-refractivity contribution in [3.63, 3.8) is 0 Å². The van der Waals surface area contributed by atoms with Gasteiger partial charge in [-0.1, -0.05) is 106 Å². The number of benzene rings is 5. The number of aromatic carboxylic acids is 1. The Hall–Kier alpha value is -4.96. The Labute approximate surface area is 257 Å². The van der Waals surface area contributed by atoms with Gasteiger partial charge in [-0.05, 0) is 92.4 Å². The zero-order valence-corrected chi connectivity index (χ0v) is 25.5. The van der Waals surface area contributed by atoms with E-state index in [-0.39, 0.29) is 22.3 Å². The Morgan fingerprint density at radius 2 is 1.43 bits per heavy atom. The average Bonchev–Trinajstić information content (AvgIpc) is 2.99. The maximum absolute atomic E-state index is 13.5. The maximum atomic E-state index is 13.5. The van der Waals surface area contributed by atoms with Gasteiger partial charge < -0.3 is 10.4 Å². The molecule has 0 saturated heterocycles. The predicted octanol–water partition coefficient (Wildman–Crippen LogP) is 10.0. The minimum Gasteiger partial charge on any atom is -0.478 e. The number of rotatable bonds is 4. The summed E-state index contributed by atoms with van der Waals surface area (Å²) < 4.78 is 0. The van der Waals surface area contributed by atoms with Crippen molar-refractivity contribution in [2.24, 2.45) is 5.41 Å². The highest BCUT2D eigenvalue weighted by molar-refractivity contribution is 6.13. The van der Waals surface area contributed by atoms with Gasteiger partial charge in [-0.25, -0.2) is 4.79 Å². The van der Waals surface area contributed by atoms with Crippen LogP contribution >= 0.6 is 0 Å². The highest BCUT2D eigenvalue weighted by atomic mass is 16.4. The Bertz CT molecular complexity index is 2080. The molecular formula is C40H35NO3. The molecular weight excluding hydrogens is 542 g/mol. The van der Waals surface area contributed by atoms with Crippen LogP contribution in [-0.4, -0.2) is 17.0 Å². The molecule has 2 aliphatic rings. The lowest BCUT2D eigenvalue weighted by molar-refractivity contribution is 0.0696. The number of hydrogen-bond donors (Lipinski definition) is 2. The summed E-state index contributed by atoms with van der Waals surface area (Å²) in [4.78, 5) is 24.8. The number of carboxylic acids is 1. The minimum absolute atomic E-state index is 0.00866. The molecule has 0 unspecified atom stereocenters. The fourth-order valence-electron chi connectivity index (χ4n) is 7.24. The minimum atomic E-state index is -1.02. The molecule has 0 atom stereocenters. The summed E-state index contributed by atoms with van der Waals surface area (Å²) in [7, 11) is 0. The van der Waals surface area contributed by atoms with E-state index in [0.29, 0.717) is 5.56 Å². The van der Waals surface area contributed by atoms with Gasteiger partial charge >= 0.3 is 5.97 Å². The van der Waals surface area contributed by atoms with E-state index in [9.17, 15) is 14.7 Å². The number of nitrogens with one attached hydrogen (secondary N) is 1. The molecule has 218 valence electrons. The molecule has 5 aromatic rings. The molecule has 5 aromatic carbocycles. The number of anilines is 1. The molecule has 44 heavy (non-hydrogen) atoms. The fraction of sp³-hybridized carbons (Fsp3) is 0.200. The third-order valence-corrected chi connectivity index (χ3v) is 9.27. The van der Waals surface area contributed by atoms with E-state index < -0.39 is 5.97 Å². The van der Waals surface area contributed by atoms with Crippen LogP contribution < -0.4 is 5.32 Å². The summed E-state index contributed by atoms with van der Waals surface area (Å²) in [6.07, 6.45) is 6.85. The number of allylic oxidation sites excluding steroid dienone is 4. The van der Waals surface area contributed by atoms with Gasteiger partial charge in [-0.3, -0.25) is 4.79 Å². The van der Waals surface area contributed by atoms with Gasteiger partial charge in [0.1, 0.15) is 0 Å². The smallest absolute Gasteiger partial charge is 0.335 e. The Balaban J connectivity index is 1.33. The van der Waals surface area contributed by atoms with Gasteiger partial charge in [-0.15, -0.1) is 0 Å². The van der Waals surface area contributed by atoms with Crippen LogP contribution in [0.2, 0.25) is 0 Å². The topological polar surface area (TPSA) is 66.4 Å². The molecule has 0 bridgehead atoms. The fourth-order valence-corrected chi connectivity index (χ4v) is 7.24. The predicted molar refractivity (Wildman–Crippen MR) is 180 cm³/mol. The summed E-state index contributed by atoms with van der Waals surface area (Å²) in [5, 5.41) is 16.8. The first-order chi connectivity index (χ1) is 21.0. The number of fused-ring (bicyclic) bond motifs is 5. The second-order valence-electron chi connectivity index (χ2n) is 13.5. The van der Waals surface area contributed by atoms with Gasteiger partial charge in [0, 0.05) is 16.5 Å². The quantitative estimate of drug-likeness (QED) is 0.223. The molecule has 0 saturated carbocycles. The van der Waals surface area contributed by atoms with Gasteiger partial charge in [0.25, 0.3) is 5.91 Å². The van der Waals surface area contributed by atoms with E-state index in [1.165, 1.54) is 39.6 Å². The summed E-state index contributed by atoms with van der Waals surface area (Å²) in [6.45, 7) is 9.37. The van der Waals surface area contributed by atoms with E-state index in [1.807, 2.05) is 24.3 Å². The number of amides is 1. The monoisotopic (exact) mass is 577 g/mol. The number of carboxylic acid groups (broad SMARTS) is 1. The Kier molecular flexibility index (Phi) is 6.36. The zero-order chi connectivity index (χ0) is 30.8. The van der Waals surface area contributed by atoms with Crippen LogP contribution in [0.5, 0.6) is 0 Å². The molecule has 4 nitrogen and oxygen atoms in total. The summed E-state index contributed by atoms with van der Waals surface area (Å²) in [5.74, 6) is -1.31. The van der Waals surface area contributed by atoms with Crippen LogP contribution in [0.15, 0.2) is 109 Å². The van der Waals surface area contributed by atoms with Gasteiger partial charge in [0.15, 0.2) is 0 Å². The van der Waals surface area contributed by atoms with E-state index in [4.69, 9.17) is 0 Å². The Morgan fingerprint density at radius 3 is 2.20 bits per heavy atom. The lowest BCUT2D eigenvalue weighted by Gasteiger charge is -2.40. The summed E-state index contributed by atoms with van der Waals surface area (Å²) in [6, 6.07) is 29.4. The Morgan fingerprint density at radius 1 is 0.727 bits per heavy atom. The highest BCUT2D eigenvalue weighted by Crippen LogP contribution is 2.51. The third kappa shape index (κ3) is 4.71. The van der Waals surface area contributed by atoms with Crippen molar-refractivity contribution in [1.29, 1.82) is 0 Å². The lowest BCUT2D eigenvalue weighted by Crippen LogP contribution is -2.27.